The average Bonchev–Trinajstić information content (AvgIpc) is 3.27. The van der Waals surface area contributed by atoms with Gasteiger partial charge in [0.15, 0.2) is 11.5 Å². The maximum Gasteiger partial charge on any atom is 0.320 e. The van der Waals surface area contributed by atoms with Gasteiger partial charge < -0.3 is 14.6 Å². The first-order valence-electron chi connectivity index (χ1n) is 9.48. The van der Waals surface area contributed by atoms with Gasteiger partial charge in [-0.25, -0.2) is 0 Å². The van der Waals surface area contributed by atoms with Gasteiger partial charge in [0.25, 0.3) is 0 Å². The van der Waals surface area contributed by atoms with Crippen LogP contribution < -0.4 is 9.47 Å². The Bertz CT molecular complexity index is 788. The molecule has 1 N–H and O–H groups in total. The standard InChI is InChI=1S/C21H27NO4S/c1-4-25-17-9-8-15(12-18(17)26-5-2)20(19-11-14(3)13-27-19)22-10-6-7-16(22)21(23)24/h8-9,11-13,16,20H,4-7,10H2,1-3H3,(H,23,24). The number of carboxylic acid groups (broad SMARTS) is 1. The minimum atomic E-state index is -0.748. The highest BCUT2D eigenvalue weighted by atomic mass is 32.1. The molecule has 2 unspecified atom stereocenters. The fourth-order valence-electron chi connectivity index (χ4n) is 3.72. The number of hydrogen-bond donors (Lipinski definition) is 1. The molecule has 0 radical (unpaired) electrons. The Kier molecular flexibility index (Phi) is 6.39. The van der Waals surface area contributed by atoms with Crippen LogP contribution in [0.15, 0.2) is 29.6 Å². The third-order valence-corrected chi connectivity index (χ3v) is 5.92. The van der Waals surface area contributed by atoms with E-state index in [4.69, 9.17) is 9.47 Å². The minimum absolute atomic E-state index is 0.0952. The van der Waals surface area contributed by atoms with Gasteiger partial charge in [-0.3, -0.25) is 9.69 Å². The molecule has 0 bridgehead atoms. The molecular weight excluding hydrogens is 362 g/mol. The normalized spacial score (nSPS) is 18.4. The van der Waals surface area contributed by atoms with Crippen molar-refractivity contribution in [3.63, 3.8) is 0 Å². The Hall–Kier alpha value is -2.05. The van der Waals surface area contributed by atoms with Gasteiger partial charge in [0.05, 0.1) is 19.3 Å². The Morgan fingerprint density at radius 1 is 1.26 bits per heavy atom. The van der Waals surface area contributed by atoms with Crippen molar-refractivity contribution in [3.05, 3.63) is 45.6 Å². The summed E-state index contributed by atoms with van der Waals surface area (Å²) < 4.78 is 11.5. The summed E-state index contributed by atoms with van der Waals surface area (Å²) >= 11 is 1.68. The zero-order chi connectivity index (χ0) is 19.4. The summed E-state index contributed by atoms with van der Waals surface area (Å²) in [5, 5.41) is 11.8. The van der Waals surface area contributed by atoms with Crippen molar-refractivity contribution in [1.82, 2.24) is 4.90 Å². The molecule has 2 heterocycles. The molecule has 1 saturated heterocycles. The summed E-state index contributed by atoms with van der Waals surface area (Å²) in [6, 6.07) is 7.57. The predicted molar refractivity (Wildman–Crippen MR) is 107 cm³/mol. The molecule has 1 aromatic carbocycles. The molecule has 6 heteroatoms. The topological polar surface area (TPSA) is 59.0 Å². The SMILES string of the molecule is CCOc1ccc(C(c2cc(C)cs2)N2CCCC2C(=O)O)cc1OCC. The molecule has 5 nitrogen and oxygen atoms in total. The maximum absolute atomic E-state index is 11.8. The number of benzene rings is 1. The van der Waals surface area contributed by atoms with E-state index in [9.17, 15) is 9.90 Å². The van der Waals surface area contributed by atoms with Gasteiger partial charge in [0.2, 0.25) is 0 Å². The third kappa shape index (κ3) is 4.28. The van der Waals surface area contributed by atoms with Crippen LogP contribution in [0.4, 0.5) is 0 Å². The fourth-order valence-corrected chi connectivity index (χ4v) is 4.76. The van der Waals surface area contributed by atoms with Gasteiger partial charge in [-0.15, -0.1) is 11.3 Å². The summed E-state index contributed by atoms with van der Waals surface area (Å²) in [4.78, 5) is 15.1. The van der Waals surface area contributed by atoms with Crippen LogP contribution in [-0.2, 0) is 4.79 Å². The van der Waals surface area contributed by atoms with E-state index in [0.29, 0.717) is 25.4 Å². The first-order chi connectivity index (χ1) is 13.0. The minimum Gasteiger partial charge on any atom is -0.490 e. The lowest BCUT2D eigenvalue weighted by Crippen LogP contribution is -2.39. The summed E-state index contributed by atoms with van der Waals surface area (Å²) in [5.41, 5.74) is 2.24. The van der Waals surface area contributed by atoms with Crippen LogP contribution in [0.3, 0.4) is 0 Å². The van der Waals surface area contributed by atoms with Crippen LogP contribution in [0.2, 0.25) is 0 Å². The van der Waals surface area contributed by atoms with Gasteiger partial charge in [0.1, 0.15) is 6.04 Å². The number of rotatable bonds is 8. The largest absolute Gasteiger partial charge is 0.490 e. The van der Waals surface area contributed by atoms with Crippen LogP contribution in [0, 0.1) is 6.92 Å². The summed E-state index contributed by atoms with van der Waals surface area (Å²) in [6.07, 6.45) is 1.58. The second-order valence-corrected chi connectivity index (χ2v) is 7.68. The van der Waals surface area contributed by atoms with Crippen molar-refractivity contribution in [3.8, 4) is 11.5 Å². The number of aryl methyl sites for hydroxylation is 1. The number of likely N-dealkylation sites (tertiary alicyclic amines) is 1. The second kappa shape index (κ2) is 8.76. The third-order valence-electron chi connectivity index (χ3n) is 4.81. The monoisotopic (exact) mass is 389 g/mol. The van der Waals surface area contributed by atoms with Crippen molar-refractivity contribution in [2.75, 3.05) is 19.8 Å². The van der Waals surface area contributed by atoms with Crippen molar-refractivity contribution < 1.29 is 19.4 Å². The number of thiophene rings is 1. The average molecular weight is 390 g/mol. The molecule has 1 fully saturated rings. The van der Waals surface area contributed by atoms with Crippen molar-refractivity contribution in [2.45, 2.75) is 45.7 Å². The van der Waals surface area contributed by atoms with E-state index in [2.05, 4.69) is 23.3 Å². The first-order valence-corrected chi connectivity index (χ1v) is 10.4. The van der Waals surface area contributed by atoms with Gasteiger partial charge in [-0.2, -0.15) is 0 Å². The van der Waals surface area contributed by atoms with Gasteiger partial charge >= 0.3 is 5.97 Å². The number of hydrogen-bond acceptors (Lipinski definition) is 5. The van der Waals surface area contributed by atoms with Gasteiger partial charge in [-0.1, -0.05) is 6.07 Å². The van der Waals surface area contributed by atoms with Crippen LogP contribution in [-0.4, -0.2) is 41.8 Å². The lowest BCUT2D eigenvalue weighted by molar-refractivity contribution is -0.142. The number of carboxylic acids is 1. The van der Waals surface area contributed by atoms with E-state index >= 15 is 0 Å². The van der Waals surface area contributed by atoms with E-state index in [1.54, 1.807) is 11.3 Å². The number of nitrogens with zero attached hydrogens (tertiary/aromatic N) is 1. The number of ether oxygens (including phenoxy) is 2. The highest BCUT2D eigenvalue weighted by Crippen LogP contribution is 2.40. The van der Waals surface area contributed by atoms with E-state index in [-0.39, 0.29) is 6.04 Å². The van der Waals surface area contributed by atoms with Crippen molar-refractivity contribution in [2.24, 2.45) is 0 Å². The maximum atomic E-state index is 11.8. The van der Waals surface area contributed by atoms with Crippen LogP contribution in [0.5, 0.6) is 11.5 Å². The van der Waals surface area contributed by atoms with Gasteiger partial charge in [-0.05, 0) is 68.3 Å². The van der Waals surface area contributed by atoms with Crippen LogP contribution in [0.25, 0.3) is 0 Å². The van der Waals surface area contributed by atoms with Crippen molar-refractivity contribution >= 4 is 17.3 Å². The Balaban J connectivity index is 2.05. The smallest absolute Gasteiger partial charge is 0.320 e. The zero-order valence-corrected chi connectivity index (χ0v) is 16.9. The summed E-state index contributed by atoms with van der Waals surface area (Å²) in [5.74, 6) is 0.684. The molecule has 2 aromatic rings. The van der Waals surface area contributed by atoms with E-state index in [1.807, 2.05) is 32.0 Å². The first kappa shape index (κ1) is 19.7. The molecule has 0 spiro atoms. The molecule has 1 aliphatic heterocycles. The van der Waals surface area contributed by atoms with Crippen LogP contribution in [0.1, 0.15) is 48.7 Å². The fraction of sp³-hybridized carbons (Fsp3) is 0.476. The number of carbonyl (C=O) groups is 1. The van der Waals surface area contributed by atoms with E-state index in [1.165, 1.54) is 5.56 Å². The predicted octanol–water partition coefficient (Wildman–Crippen LogP) is 4.49. The molecular formula is C21H27NO4S. The lowest BCUT2D eigenvalue weighted by Gasteiger charge is -2.31. The van der Waals surface area contributed by atoms with E-state index < -0.39 is 12.0 Å². The highest BCUT2D eigenvalue weighted by Gasteiger charge is 2.37. The molecule has 0 aliphatic carbocycles. The van der Waals surface area contributed by atoms with Crippen molar-refractivity contribution in [1.29, 1.82) is 0 Å². The second-order valence-electron chi connectivity index (χ2n) is 6.74. The Morgan fingerprint density at radius 3 is 2.63 bits per heavy atom. The van der Waals surface area contributed by atoms with E-state index in [0.717, 1.165) is 29.2 Å². The molecule has 2 atom stereocenters. The zero-order valence-electron chi connectivity index (χ0n) is 16.1. The molecule has 0 saturated carbocycles. The summed E-state index contributed by atoms with van der Waals surface area (Å²) in [6.45, 7) is 7.86. The molecule has 1 aromatic heterocycles. The molecule has 1 aliphatic rings. The van der Waals surface area contributed by atoms with Crippen LogP contribution >= 0.6 is 11.3 Å². The molecule has 146 valence electrons. The molecule has 0 amide bonds. The molecule has 27 heavy (non-hydrogen) atoms. The lowest BCUT2D eigenvalue weighted by atomic mass is 10.0. The highest BCUT2D eigenvalue weighted by molar-refractivity contribution is 7.10. The number of aliphatic carboxylic acids is 1. The summed E-state index contributed by atoms with van der Waals surface area (Å²) in [7, 11) is 0. The quantitative estimate of drug-likeness (QED) is 0.721. The van der Waals surface area contributed by atoms with Gasteiger partial charge in [0, 0.05) is 11.4 Å². The molecule has 3 rings (SSSR count). The Labute approximate surface area is 164 Å². The Morgan fingerprint density at radius 2 is 2.00 bits per heavy atom.